The molecule has 0 saturated carbocycles. The maximum atomic E-state index is 14.1. The average molecular weight is 445 g/mol. The quantitative estimate of drug-likeness (QED) is 0.513. The van der Waals surface area contributed by atoms with Gasteiger partial charge >= 0.3 is 0 Å². The van der Waals surface area contributed by atoms with Crippen molar-refractivity contribution in [3.05, 3.63) is 29.8 Å². The van der Waals surface area contributed by atoms with Crippen molar-refractivity contribution in [3.63, 3.8) is 0 Å². The summed E-state index contributed by atoms with van der Waals surface area (Å²) in [6.45, 7) is 4.72. The van der Waals surface area contributed by atoms with Crippen molar-refractivity contribution in [1.82, 2.24) is 10.6 Å². The molecule has 3 rings (SSSR count). The molecule has 1 atom stereocenters. The number of guanidine groups is 1. The van der Waals surface area contributed by atoms with Gasteiger partial charge in [0.2, 0.25) is 0 Å². The van der Waals surface area contributed by atoms with Gasteiger partial charge in [0.25, 0.3) is 0 Å². The van der Waals surface area contributed by atoms with Crippen molar-refractivity contribution in [3.8, 4) is 0 Å². The van der Waals surface area contributed by atoms with Gasteiger partial charge in [-0.25, -0.2) is 17.2 Å². The lowest BCUT2D eigenvalue weighted by atomic mass is 9.99. The number of hydrogen-bond acceptors (Lipinski definition) is 5. The molecule has 0 bridgehead atoms. The minimum atomic E-state index is -3.30. The third-order valence-electron chi connectivity index (χ3n) is 5.84. The normalized spacial score (nSPS) is 22.2. The summed E-state index contributed by atoms with van der Waals surface area (Å²) >= 11 is 0. The van der Waals surface area contributed by atoms with Gasteiger partial charge < -0.3 is 20.3 Å². The second-order valence-electron chi connectivity index (χ2n) is 7.93. The van der Waals surface area contributed by atoms with Gasteiger partial charge in [0.1, 0.15) is 11.6 Å². The molecule has 0 amide bonds. The number of rotatable bonds is 6. The predicted octanol–water partition coefficient (Wildman–Crippen LogP) is 1.69. The highest BCUT2D eigenvalue weighted by Crippen LogP contribution is 2.30. The fourth-order valence-corrected chi connectivity index (χ4v) is 5.17. The van der Waals surface area contributed by atoms with Crippen molar-refractivity contribution < 1.29 is 21.9 Å². The second kappa shape index (κ2) is 9.47. The molecule has 168 valence electrons. The SMILES string of the molecule is CCNC(=NCC1(S(C)(=O)=O)CCOCC1)NC1CCN(c2ccc(F)cc2F)C1. The highest BCUT2D eigenvalue weighted by atomic mass is 32.2. The third-order valence-corrected chi connectivity index (χ3v) is 7.95. The Balaban J connectivity index is 1.68. The maximum Gasteiger partial charge on any atom is 0.191 e. The zero-order valence-electron chi connectivity index (χ0n) is 17.5. The van der Waals surface area contributed by atoms with E-state index < -0.39 is 26.2 Å². The molecule has 2 heterocycles. The maximum absolute atomic E-state index is 14.1. The van der Waals surface area contributed by atoms with Crippen molar-refractivity contribution in [2.45, 2.75) is 37.0 Å². The first-order chi connectivity index (χ1) is 14.2. The second-order valence-corrected chi connectivity index (χ2v) is 10.3. The minimum absolute atomic E-state index is 0.0103. The van der Waals surface area contributed by atoms with E-state index in [1.165, 1.54) is 18.4 Å². The van der Waals surface area contributed by atoms with Gasteiger partial charge in [0, 0.05) is 51.2 Å². The van der Waals surface area contributed by atoms with Crippen molar-refractivity contribution in [1.29, 1.82) is 0 Å². The zero-order chi connectivity index (χ0) is 21.8. The molecule has 1 aromatic carbocycles. The zero-order valence-corrected chi connectivity index (χ0v) is 18.3. The first kappa shape index (κ1) is 22.7. The Morgan fingerprint density at radius 2 is 2.07 bits per heavy atom. The van der Waals surface area contributed by atoms with Gasteiger partial charge in [-0.15, -0.1) is 0 Å². The topological polar surface area (TPSA) is 83.0 Å². The molecule has 10 heteroatoms. The Labute approximate surface area is 176 Å². The van der Waals surface area contributed by atoms with E-state index in [0.29, 0.717) is 57.3 Å². The van der Waals surface area contributed by atoms with E-state index in [0.717, 1.165) is 12.5 Å². The first-order valence-electron chi connectivity index (χ1n) is 10.3. The molecule has 30 heavy (non-hydrogen) atoms. The highest BCUT2D eigenvalue weighted by molar-refractivity contribution is 7.92. The molecule has 2 N–H and O–H groups in total. The smallest absolute Gasteiger partial charge is 0.191 e. The van der Waals surface area contributed by atoms with Crippen LogP contribution in [0.25, 0.3) is 0 Å². The Bertz CT molecular complexity index is 873. The third kappa shape index (κ3) is 5.21. The molecular weight excluding hydrogens is 414 g/mol. The van der Waals surface area contributed by atoms with E-state index in [4.69, 9.17) is 4.74 Å². The number of sulfone groups is 1. The van der Waals surface area contributed by atoms with Gasteiger partial charge in [0.05, 0.1) is 17.0 Å². The Kier molecular flexibility index (Phi) is 7.18. The van der Waals surface area contributed by atoms with Crippen LogP contribution in [0.5, 0.6) is 0 Å². The summed E-state index contributed by atoms with van der Waals surface area (Å²) in [4.78, 5) is 6.45. The molecule has 2 fully saturated rings. The lowest BCUT2D eigenvalue weighted by molar-refractivity contribution is 0.0768. The van der Waals surface area contributed by atoms with Crippen LogP contribution >= 0.6 is 0 Å². The van der Waals surface area contributed by atoms with Crippen LogP contribution < -0.4 is 15.5 Å². The molecule has 2 aliphatic rings. The van der Waals surface area contributed by atoms with E-state index in [1.54, 1.807) is 0 Å². The molecule has 2 saturated heterocycles. The fraction of sp³-hybridized carbons (Fsp3) is 0.650. The van der Waals surface area contributed by atoms with Gasteiger partial charge in [-0.05, 0) is 38.3 Å². The van der Waals surface area contributed by atoms with E-state index >= 15 is 0 Å². The number of hydrogen-bond donors (Lipinski definition) is 2. The number of nitrogens with zero attached hydrogens (tertiary/aromatic N) is 2. The number of nitrogens with one attached hydrogen (secondary N) is 2. The van der Waals surface area contributed by atoms with Gasteiger partial charge in [-0.3, -0.25) is 4.99 Å². The molecule has 0 aromatic heterocycles. The Hall–Kier alpha value is -1.94. The molecule has 0 spiro atoms. The number of benzene rings is 1. The van der Waals surface area contributed by atoms with Crippen molar-refractivity contribution in [2.24, 2.45) is 4.99 Å². The van der Waals surface area contributed by atoms with Crippen LogP contribution in [0.1, 0.15) is 26.2 Å². The Morgan fingerprint density at radius 3 is 2.70 bits per heavy atom. The lowest BCUT2D eigenvalue weighted by Gasteiger charge is -2.34. The first-order valence-corrected chi connectivity index (χ1v) is 12.2. The molecule has 7 nitrogen and oxygen atoms in total. The van der Waals surface area contributed by atoms with Crippen LogP contribution in [0.15, 0.2) is 23.2 Å². The molecule has 0 aliphatic carbocycles. The summed E-state index contributed by atoms with van der Waals surface area (Å²) in [5.41, 5.74) is 0.376. The molecule has 2 aliphatic heterocycles. The lowest BCUT2D eigenvalue weighted by Crippen LogP contribution is -2.49. The highest BCUT2D eigenvalue weighted by Gasteiger charge is 2.42. The van der Waals surface area contributed by atoms with E-state index in [9.17, 15) is 17.2 Å². The van der Waals surface area contributed by atoms with E-state index in [1.807, 2.05) is 11.8 Å². The van der Waals surface area contributed by atoms with Gasteiger partial charge in [-0.2, -0.15) is 0 Å². The molecule has 1 unspecified atom stereocenters. The summed E-state index contributed by atoms with van der Waals surface area (Å²) in [5.74, 6) is -0.635. The summed E-state index contributed by atoms with van der Waals surface area (Å²) < 4.78 is 56.6. The summed E-state index contributed by atoms with van der Waals surface area (Å²) in [7, 11) is -3.30. The standard InChI is InChI=1S/C20H30F2N4O3S/c1-3-23-19(24-14-20(30(2,27)28)7-10-29-11-8-20)25-16-6-9-26(13-16)18-5-4-15(21)12-17(18)22/h4-5,12,16H,3,6-11,13-14H2,1-2H3,(H2,23,24,25). The molecular formula is C20H30F2N4O3S. The molecule has 1 aromatic rings. The van der Waals surface area contributed by atoms with Crippen LogP contribution in [0, 0.1) is 11.6 Å². The number of aliphatic imine (C=N–C) groups is 1. The van der Waals surface area contributed by atoms with Crippen LogP contribution in [0.2, 0.25) is 0 Å². The number of ether oxygens (including phenoxy) is 1. The van der Waals surface area contributed by atoms with E-state index in [2.05, 4.69) is 15.6 Å². The average Bonchev–Trinajstić information content (AvgIpc) is 3.14. The summed E-state index contributed by atoms with van der Waals surface area (Å²) in [6, 6.07) is 3.60. The van der Waals surface area contributed by atoms with Gasteiger partial charge in [-0.1, -0.05) is 0 Å². The number of halogens is 2. The molecule has 0 radical (unpaired) electrons. The largest absolute Gasteiger partial charge is 0.381 e. The minimum Gasteiger partial charge on any atom is -0.381 e. The fourth-order valence-electron chi connectivity index (χ4n) is 3.96. The number of anilines is 1. The van der Waals surface area contributed by atoms with Crippen LogP contribution in [-0.2, 0) is 14.6 Å². The summed E-state index contributed by atoms with van der Waals surface area (Å²) in [6.07, 6.45) is 2.87. The summed E-state index contributed by atoms with van der Waals surface area (Å²) in [5, 5.41) is 6.49. The van der Waals surface area contributed by atoms with Crippen LogP contribution in [0.3, 0.4) is 0 Å². The van der Waals surface area contributed by atoms with Crippen LogP contribution in [-0.4, -0.2) is 70.8 Å². The van der Waals surface area contributed by atoms with E-state index in [-0.39, 0.29) is 12.6 Å². The van der Waals surface area contributed by atoms with Crippen molar-refractivity contribution in [2.75, 3.05) is 50.5 Å². The van der Waals surface area contributed by atoms with Crippen molar-refractivity contribution >= 4 is 21.5 Å². The predicted molar refractivity (Wildman–Crippen MR) is 114 cm³/mol. The monoisotopic (exact) mass is 444 g/mol. The van der Waals surface area contributed by atoms with Crippen LogP contribution in [0.4, 0.5) is 14.5 Å². The van der Waals surface area contributed by atoms with Gasteiger partial charge in [0.15, 0.2) is 15.8 Å². The Morgan fingerprint density at radius 1 is 1.33 bits per heavy atom.